The molecule has 0 aliphatic rings. The summed E-state index contributed by atoms with van der Waals surface area (Å²) in [7, 11) is 0. The monoisotopic (exact) mass is 205 g/mol. The fraction of sp³-hybridized carbons (Fsp3) is 0.417. The number of aliphatic hydroxyl groups is 1. The minimum absolute atomic E-state index is 0.100. The van der Waals surface area contributed by atoms with Crippen molar-refractivity contribution >= 4 is 0 Å². The highest BCUT2D eigenvalue weighted by Gasteiger charge is 2.18. The molecule has 80 valence electrons. The molecule has 0 fully saturated rings. The summed E-state index contributed by atoms with van der Waals surface area (Å²) in [5.41, 5.74) is 0.227. The maximum atomic E-state index is 8.84. The molecule has 0 amide bonds. The molecule has 15 heavy (non-hydrogen) atoms. The molecule has 0 unspecified atom stereocenters. The summed E-state index contributed by atoms with van der Waals surface area (Å²) in [6, 6.07) is 9.00. The SMILES string of the molecule is CC(C)(CCO)Oc1ccc(C#N)cc1. The average molecular weight is 205 g/mol. The minimum atomic E-state index is -0.386. The smallest absolute Gasteiger partial charge is 0.120 e. The van der Waals surface area contributed by atoms with Crippen molar-refractivity contribution in [3.8, 4) is 11.8 Å². The number of hydrogen-bond donors (Lipinski definition) is 1. The molecule has 3 heteroatoms. The topological polar surface area (TPSA) is 53.2 Å². The first-order valence-electron chi connectivity index (χ1n) is 4.87. The first kappa shape index (κ1) is 11.5. The van der Waals surface area contributed by atoms with E-state index in [2.05, 4.69) is 0 Å². The first-order chi connectivity index (χ1) is 7.07. The Hall–Kier alpha value is -1.53. The summed E-state index contributed by atoms with van der Waals surface area (Å²) in [6.45, 7) is 3.94. The lowest BCUT2D eigenvalue weighted by Crippen LogP contribution is -2.29. The molecule has 0 atom stereocenters. The van der Waals surface area contributed by atoms with Crippen LogP contribution in [0.5, 0.6) is 5.75 Å². The Morgan fingerprint density at radius 3 is 2.40 bits per heavy atom. The van der Waals surface area contributed by atoms with E-state index in [1.165, 1.54) is 0 Å². The molecule has 0 aliphatic carbocycles. The normalized spacial score (nSPS) is 10.8. The standard InChI is InChI=1S/C12H15NO2/c1-12(2,7-8-14)15-11-5-3-10(9-13)4-6-11/h3-6,14H,7-8H2,1-2H3. The van der Waals surface area contributed by atoms with Crippen molar-refractivity contribution in [3.05, 3.63) is 29.8 Å². The Morgan fingerprint density at radius 2 is 1.93 bits per heavy atom. The first-order valence-corrected chi connectivity index (χ1v) is 4.87. The van der Waals surface area contributed by atoms with Crippen LogP contribution in [-0.4, -0.2) is 17.3 Å². The van der Waals surface area contributed by atoms with Crippen LogP contribution in [0.15, 0.2) is 24.3 Å². The summed E-state index contributed by atoms with van der Waals surface area (Å²) < 4.78 is 5.67. The summed E-state index contributed by atoms with van der Waals surface area (Å²) in [6.07, 6.45) is 0.576. The van der Waals surface area contributed by atoms with Crippen LogP contribution in [0.1, 0.15) is 25.8 Å². The van der Waals surface area contributed by atoms with E-state index in [0.29, 0.717) is 17.7 Å². The van der Waals surface area contributed by atoms with Crippen LogP contribution in [-0.2, 0) is 0 Å². The molecule has 3 nitrogen and oxygen atoms in total. The van der Waals surface area contributed by atoms with Crippen LogP contribution in [0.2, 0.25) is 0 Å². The van der Waals surface area contributed by atoms with E-state index >= 15 is 0 Å². The highest BCUT2D eigenvalue weighted by molar-refractivity contribution is 5.34. The molecule has 0 saturated heterocycles. The Balaban J connectivity index is 2.69. The van der Waals surface area contributed by atoms with Gasteiger partial charge in [0.25, 0.3) is 0 Å². The fourth-order valence-corrected chi connectivity index (χ4v) is 1.24. The molecule has 1 rings (SSSR count). The second-order valence-electron chi connectivity index (χ2n) is 3.97. The van der Waals surface area contributed by atoms with E-state index in [1.54, 1.807) is 24.3 Å². The number of nitrogens with zero attached hydrogens (tertiary/aromatic N) is 1. The maximum Gasteiger partial charge on any atom is 0.120 e. The summed E-state index contributed by atoms with van der Waals surface area (Å²) in [5, 5.41) is 17.5. The third kappa shape index (κ3) is 3.61. The van der Waals surface area contributed by atoms with Gasteiger partial charge in [-0.25, -0.2) is 0 Å². The zero-order chi connectivity index (χ0) is 11.3. The van der Waals surface area contributed by atoms with Crippen molar-refractivity contribution in [2.45, 2.75) is 25.9 Å². The van der Waals surface area contributed by atoms with Crippen LogP contribution < -0.4 is 4.74 Å². The molecular formula is C12H15NO2. The van der Waals surface area contributed by atoms with Crippen molar-refractivity contribution in [1.82, 2.24) is 0 Å². The van der Waals surface area contributed by atoms with Gasteiger partial charge in [0.2, 0.25) is 0 Å². The van der Waals surface area contributed by atoms with Gasteiger partial charge in [0.15, 0.2) is 0 Å². The zero-order valence-corrected chi connectivity index (χ0v) is 9.03. The van der Waals surface area contributed by atoms with Crippen LogP contribution in [0.25, 0.3) is 0 Å². The molecule has 1 aromatic rings. The van der Waals surface area contributed by atoms with Crippen molar-refractivity contribution in [2.75, 3.05) is 6.61 Å². The van der Waals surface area contributed by atoms with Gasteiger partial charge in [0.1, 0.15) is 11.4 Å². The Bertz CT molecular complexity index is 349. The van der Waals surface area contributed by atoms with Gasteiger partial charge in [-0.15, -0.1) is 0 Å². The summed E-state index contributed by atoms with van der Waals surface area (Å²) in [5.74, 6) is 0.715. The Morgan fingerprint density at radius 1 is 1.33 bits per heavy atom. The van der Waals surface area contributed by atoms with Crippen LogP contribution in [0, 0.1) is 11.3 Å². The lowest BCUT2D eigenvalue weighted by Gasteiger charge is -2.25. The predicted octanol–water partition coefficient (Wildman–Crippen LogP) is 2.10. The Labute approximate surface area is 89.9 Å². The minimum Gasteiger partial charge on any atom is -0.488 e. The van der Waals surface area contributed by atoms with E-state index in [-0.39, 0.29) is 12.2 Å². The third-order valence-corrected chi connectivity index (χ3v) is 2.09. The molecule has 0 heterocycles. The van der Waals surface area contributed by atoms with Gasteiger partial charge in [-0.1, -0.05) is 0 Å². The number of ether oxygens (including phenoxy) is 1. The number of benzene rings is 1. The fourth-order valence-electron chi connectivity index (χ4n) is 1.24. The van der Waals surface area contributed by atoms with E-state index < -0.39 is 0 Å². The highest BCUT2D eigenvalue weighted by atomic mass is 16.5. The zero-order valence-electron chi connectivity index (χ0n) is 9.03. The third-order valence-electron chi connectivity index (χ3n) is 2.09. The Kier molecular flexibility index (Phi) is 3.70. The molecule has 0 aliphatic heterocycles. The van der Waals surface area contributed by atoms with Gasteiger partial charge >= 0.3 is 0 Å². The molecule has 0 saturated carbocycles. The van der Waals surface area contributed by atoms with Gasteiger partial charge in [0, 0.05) is 13.0 Å². The van der Waals surface area contributed by atoms with Crippen molar-refractivity contribution in [3.63, 3.8) is 0 Å². The second-order valence-corrected chi connectivity index (χ2v) is 3.97. The lowest BCUT2D eigenvalue weighted by molar-refractivity contribution is 0.0765. The second kappa shape index (κ2) is 4.81. The number of aliphatic hydroxyl groups excluding tert-OH is 1. The van der Waals surface area contributed by atoms with E-state index in [0.717, 1.165) is 0 Å². The van der Waals surface area contributed by atoms with E-state index in [1.807, 2.05) is 19.9 Å². The lowest BCUT2D eigenvalue weighted by atomic mass is 10.1. The van der Waals surface area contributed by atoms with Crippen molar-refractivity contribution < 1.29 is 9.84 Å². The molecule has 0 radical (unpaired) electrons. The molecule has 0 aromatic heterocycles. The average Bonchev–Trinajstić information content (AvgIpc) is 2.18. The molecule has 1 aromatic carbocycles. The molecule has 1 N–H and O–H groups in total. The predicted molar refractivity (Wildman–Crippen MR) is 57.6 cm³/mol. The quantitative estimate of drug-likeness (QED) is 0.818. The van der Waals surface area contributed by atoms with E-state index in [4.69, 9.17) is 15.1 Å². The summed E-state index contributed by atoms with van der Waals surface area (Å²) >= 11 is 0. The number of rotatable bonds is 4. The van der Waals surface area contributed by atoms with Gasteiger partial charge in [-0.05, 0) is 38.1 Å². The van der Waals surface area contributed by atoms with Crippen LogP contribution >= 0.6 is 0 Å². The van der Waals surface area contributed by atoms with Gasteiger partial charge < -0.3 is 9.84 Å². The van der Waals surface area contributed by atoms with Crippen LogP contribution in [0.3, 0.4) is 0 Å². The van der Waals surface area contributed by atoms with Crippen LogP contribution in [0.4, 0.5) is 0 Å². The van der Waals surface area contributed by atoms with Gasteiger partial charge in [0.05, 0.1) is 11.6 Å². The van der Waals surface area contributed by atoms with E-state index in [9.17, 15) is 0 Å². The number of nitriles is 1. The van der Waals surface area contributed by atoms with Gasteiger partial charge in [-0.2, -0.15) is 5.26 Å². The number of hydrogen-bond acceptors (Lipinski definition) is 3. The van der Waals surface area contributed by atoms with Crippen molar-refractivity contribution in [1.29, 1.82) is 5.26 Å². The highest BCUT2D eigenvalue weighted by Crippen LogP contribution is 2.20. The van der Waals surface area contributed by atoms with Gasteiger partial charge in [-0.3, -0.25) is 0 Å². The largest absolute Gasteiger partial charge is 0.488 e. The summed E-state index contributed by atoms with van der Waals surface area (Å²) in [4.78, 5) is 0. The molecule has 0 spiro atoms. The molecule has 0 bridgehead atoms. The maximum absolute atomic E-state index is 8.84. The molecular weight excluding hydrogens is 190 g/mol. The van der Waals surface area contributed by atoms with Crippen molar-refractivity contribution in [2.24, 2.45) is 0 Å².